The molecule has 0 aliphatic carbocycles. The summed E-state index contributed by atoms with van der Waals surface area (Å²) in [6.45, 7) is 0. The molecule has 4 heterocycles. The van der Waals surface area contributed by atoms with Gasteiger partial charge in [0.15, 0.2) is 16.9 Å². The summed E-state index contributed by atoms with van der Waals surface area (Å²) >= 11 is 4.12. The van der Waals surface area contributed by atoms with Crippen LogP contribution in [0.2, 0.25) is 0 Å². The predicted octanol–water partition coefficient (Wildman–Crippen LogP) is 13.4. The van der Waals surface area contributed by atoms with Crippen LogP contribution in [-0.4, -0.2) is 55.5 Å². The third-order valence-corrected chi connectivity index (χ3v) is 17.7. The van der Waals surface area contributed by atoms with Crippen LogP contribution < -0.4 is 10.6 Å². The molecule has 2 amide bonds. The Morgan fingerprint density at radius 1 is 0.598 bits per heavy atom. The number of ether oxygens (including phenoxy) is 1. The second-order valence-corrected chi connectivity index (χ2v) is 22.5. The average Bonchev–Trinajstić information content (AvgIpc) is 3.28. The number of carbonyl (C=O) groups is 3. The molecule has 1 fully saturated rings. The standard InChI is InChI=1S/C68H52N6O5S3/c75-62(71-59-63(76)74-60(57(46-80-64(59)74)82-55-41-43-69-44-42-55)65(77)78-61(47-25-9-1-10-26-47)48-27-11-2-12-28-48)58(73-79-68(52-35-19-6-20-36-52,53-37-21-7-22-38-53)54-39-23-8-24-40-54)56-45-81-66(70-56)72-67(49-29-13-3-14-30-49,50-31-15-4-16-32-50)51-33-17-5-18-34-51/h1-45,59,61,64H,46H2,(H,70,72)(H,71,75)/b73-58-/t59-,64-/m1/s1. The van der Waals surface area contributed by atoms with E-state index < -0.39 is 46.4 Å². The van der Waals surface area contributed by atoms with E-state index in [1.54, 1.807) is 17.8 Å². The summed E-state index contributed by atoms with van der Waals surface area (Å²) in [4.78, 5) is 64.9. The Hall–Kier alpha value is -9.34. The topological polar surface area (TPSA) is 135 Å². The number of thiazole rings is 1. The molecule has 82 heavy (non-hydrogen) atoms. The third kappa shape index (κ3) is 10.6. The molecule has 12 rings (SSSR count). The lowest BCUT2D eigenvalue weighted by Gasteiger charge is -2.49. The number of anilines is 1. The number of rotatable bonds is 19. The fourth-order valence-corrected chi connectivity index (χ4v) is 13.7. The number of β-lactam (4-membered cyclic amide) rings is 1. The van der Waals surface area contributed by atoms with E-state index in [0.29, 0.717) is 15.8 Å². The Bertz CT molecular complexity index is 3630. The summed E-state index contributed by atoms with van der Waals surface area (Å²) in [6.07, 6.45) is 2.58. The van der Waals surface area contributed by atoms with E-state index in [1.165, 1.54) is 39.8 Å². The number of pyridine rings is 1. The SMILES string of the molecule is O=C(OC(c1ccccc1)c1ccccc1)C1=C(Sc2ccncc2)CS[C@@H]2[C@H](NC(=O)/C(=N\OC(c3ccccc3)(c3ccccc3)c3ccccc3)c3csc(NC(c4ccccc4)(c4ccccc4)c4ccccc4)n3)C(=O)N12. The summed E-state index contributed by atoms with van der Waals surface area (Å²) in [5.74, 6) is -1.54. The number of oxime groups is 1. The van der Waals surface area contributed by atoms with Crippen LogP contribution in [0, 0.1) is 0 Å². The lowest BCUT2D eigenvalue weighted by molar-refractivity contribution is -0.154. The van der Waals surface area contributed by atoms with E-state index in [2.05, 4.69) is 52.0 Å². The van der Waals surface area contributed by atoms with Gasteiger partial charge in [0.25, 0.3) is 11.8 Å². The van der Waals surface area contributed by atoms with Crippen LogP contribution in [-0.2, 0) is 35.1 Å². The highest BCUT2D eigenvalue weighted by atomic mass is 32.2. The first-order valence-corrected chi connectivity index (χ1v) is 29.4. The van der Waals surface area contributed by atoms with Gasteiger partial charge in [-0.1, -0.05) is 260 Å². The van der Waals surface area contributed by atoms with Gasteiger partial charge >= 0.3 is 5.97 Å². The monoisotopic (exact) mass is 1130 g/mol. The van der Waals surface area contributed by atoms with Crippen LogP contribution in [0.3, 0.4) is 0 Å². The first kappa shape index (κ1) is 53.3. The molecule has 0 spiro atoms. The maximum absolute atomic E-state index is 15.6. The minimum atomic E-state index is -1.38. The highest BCUT2D eigenvalue weighted by Crippen LogP contribution is 2.47. The number of nitrogens with one attached hydrogen (secondary N) is 2. The molecule has 11 nitrogen and oxygen atoms in total. The molecule has 14 heteroatoms. The summed E-state index contributed by atoms with van der Waals surface area (Å²) in [5.41, 5.74) is 4.51. The molecule has 0 unspecified atom stereocenters. The fraction of sp³-hybridized carbons (Fsp3) is 0.0882. The Labute approximate surface area is 487 Å². The second-order valence-electron chi connectivity index (χ2n) is 19.3. The Kier molecular flexibility index (Phi) is 15.7. The molecule has 402 valence electrons. The van der Waals surface area contributed by atoms with Crippen molar-refractivity contribution in [2.45, 2.75) is 33.6 Å². The van der Waals surface area contributed by atoms with Crippen molar-refractivity contribution in [2.24, 2.45) is 5.16 Å². The lowest BCUT2D eigenvalue weighted by Crippen LogP contribution is -2.71. The number of hydrogen-bond acceptors (Lipinski definition) is 12. The summed E-state index contributed by atoms with van der Waals surface area (Å²) in [7, 11) is 0. The molecule has 0 bridgehead atoms. The fourth-order valence-electron chi connectivity index (χ4n) is 10.5. The number of aromatic nitrogens is 2. The molecule has 0 saturated carbocycles. The van der Waals surface area contributed by atoms with Crippen molar-refractivity contribution in [3.63, 3.8) is 0 Å². The van der Waals surface area contributed by atoms with Gasteiger partial charge in [-0.3, -0.25) is 19.5 Å². The molecule has 2 aliphatic heterocycles. The van der Waals surface area contributed by atoms with Crippen molar-refractivity contribution >= 4 is 63.5 Å². The maximum atomic E-state index is 15.6. The Morgan fingerprint density at radius 3 is 1.50 bits per heavy atom. The lowest BCUT2D eigenvalue weighted by atomic mass is 9.77. The van der Waals surface area contributed by atoms with Crippen LogP contribution in [0.15, 0.2) is 293 Å². The zero-order chi connectivity index (χ0) is 55.7. The van der Waals surface area contributed by atoms with Crippen molar-refractivity contribution < 1.29 is 24.0 Å². The zero-order valence-electron chi connectivity index (χ0n) is 44.0. The molecule has 2 atom stereocenters. The van der Waals surface area contributed by atoms with E-state index in [4.69, 9.17) is 19.7 Å². The van der Waals surface area contributed by atoms with Crippen LogP contribution in [0.5, 0.6) is 0 Å². The minimum Gasteiger partial charge on any atom is -0.448 e. The second kappa shape index (κ2) is 24.2. The van der Waals surface area contributed by atoms with Gasteiger partial charge in [-0.15, -0.1) is 23.1 Å². The first-order chi connectivity index (χ1) is 40.4. The Balaban J connectivity index is 0.938. The summed E-state index contributed by atoms with van der Waals surface area (Å²) in [6, 6.07) is 81.4. The van der Waals surface area contributed by atoms with E-state index in [-0.39, 0.29) is 17.1 Å². The normalized spacial score (nSPS) is 15.3. The van der Waals surface area contributed by atoms with Gasteiger partial charge in [-0.25, -0.2) is 9.78 Å². The quantitative estimate of drug-likeness (QED) is 0.0265. The highest BCUT2D eigenvalue weighted by Gasteiger charge is 2.55. The van der Waals surface area contributed by atoms with Crippen molar-refractivity contribution in [3.8, 4) is 0 Å². The Morgan fingerprint density at radius 2 is 1.04 bits per heavy atom. The van der Waals surface area contributed by atoms with Gasteiger partial charge in [0.1, 0.15) is 28.3 Å². The number of thioether (sulfide) groups is 2. The van der Waals surface area contributed by atoms with Crippen LogP contribution in [0.1, 0.15) is 56.3 Å². The van der Waals surface area contributed by atoms with Crippen molar-refractivity contribution in [1.29, 1.82) is 0 Å². The molecule has 2 aromatic heterocycles. The molecule has 8 aromatic carbocycles. The van der Waals surface area contributed by atoms with Gasteiger partial charge in [0.2, 0.25) is 5.60 Å². The van der Waals surface area contributed by atoms with Crippen LogP contribution in [0.25, 0.3) is 0 Å². The molecular weight excluding hydrogens is 1080 g/mol. The number of benzene rings is 8. The number of hydrogen-bond donors (Lipinski definition) is 2. The van der Waals surface area contributed by atoms with Gasteiger partial charge in [-0.05, 0) is 39.9 Å². The number of fused-ring (bicyclic) bond motifs is 1. The predicted molar refractivity (Wildman–Crippen MR) is 325 cm³/mol. The van der Waals surface area contributed by atoms with Gasteiger partial charge < -0.3 is 20.2 Å². The van der Waals surface area contributed by atoms with Crippen molar-refractivity contribution in [3.05, 3.63) is 333 Å². The van der Waals surface area contributed by atoms with E-state index in [0.717, 1.165) is 49.4 Å². The van der Waals surface area contributed by atoms with Crippen molar-refractivity contribution in [1.82, 2.24) is 20.2 Å². The van der Waals surface area contributed by atoms with Gasteiger partial charge in [-0.2, -0.15) is 0 Å². The van der Waals surface area contributed by atoms with E-state index in [9.17, 15) is 4.79 Å². The highest BCUT2D eigenvalue weighted by molar-refractivity contribution is 8.06. The summed E-state index contributed by atoms with van der Waals surface area (Å²) in [5, 5.41) is 13.4. The molecule has 1 saturated heterocycles. The third-order valence-electron chi connectivity index (χ3n) is 14.4. The minimum absolute atomic E-state index is 0.113. The first-order valence-electron chi connectivity index (χ1n) is 26.6. The number of nitrogens with zero attached hydrogens (tertiary/aromatic N) is 4. The number of esters is 1. The molecular formula is C68H52N6O5S3. The zero-order valence-corrected chi connectivity index (χ0v) is 46.4. The molecule has 2 N–H and O–H groups in total. The summed E-state index contributed by atoms with van der Waals surface area (Å²) < 4.78 is 6.48. The van der Waals surface area contributed by atoms with E-state index >= 15 is 9.59 Å². The average molecular weight is 1130 g/mol. The molecule has 2 aliphatic rings. The number of amides is 2. The smallest absolute Gasteiger partial charge is 0.356 e. The van der Waals surface area contributed by atoms with E-state index in [1.807, 2.05) is 218 Å². The van der Waals surface area contributed by atoms with Crippen LogP contribution in [0.4, 0.5) is 5.13 Å². The van der Waals surface area contributed by atoms with Crippen molar-refractivity contribution in [2.75, 3.05) is 11.1 Å². The maximum Gasteiger partial charge on any atom is 0.356 e. The number of carbonyl (C=O) groups excluding carboxylic acids is 3. The largest absolute Gasteiger partial charge is 0.448 e. The molecule has 0 radical (unpaired) electrons. The van der Waals surface area contributed by atoms with Gasteiger partial charge in [0, 0.05) is 50.0 Å². The van der Waals surface area contributed by atoms with Crippen LogP contribution >= 0.6 is 34.9 Å². The molecule has 10 aromatic rings. The van der Waals surface area contributed by atoms with Gasteiger partial charge in [0.05, 0.1) is 0 Å².